The third-order valence-electron chi connectivity index (χ3n) is 3.16. The van der Waals surface area contributed by atoms with Gasteiger partial charge in [-0.15, -0.1) is 0 Å². The van der Waals surface area contributed by atoms with Crippen molar-refractivity contribution in [3.63, 3.8) is 0 Å². The largest absolute Gasteiger partial charge is 0.504 e. The second kappa shape index (κ2) is 6.35. The van der Waals surface area contributed by atoms with Gasteiger partial charge in [0.05, 0.1) is 19.2 Å². The molecule has 1 atom stereocenters. The average molecular weight is 291 g/mol. The predicted octanol–water partition coefficient (Wildman–Crippen LogP) is 2.22. The summed E-state index contributed by atoms with van der Waals surface area (Å²) in [5, 5.41) is 17.3. The summed E-state index contributed by atoms with van der Waals surface area (Å²) in [6, 6.07) is 5.43. The highest BCUT2D eigenvalue weighted by Gasteiger charge is 2.27. The van der Waals surface area contributed by atoms with E-state index < -0.39 is 0 Å². The Balaban J connectivity index is 2.33. The first-order valence-corrected chi connectivity index (χ1v) is 7.43. The number of amidine groups is 1. The van der Waals surface area contributed by atoms with Gasteiger partial charge in [0.1, 0.15) is 5.84 Å². The summed E-state index contributed by atoms with van der Waals surface area (Å²) in [6.07, 6.45) is 0. The molecule has 2 rings (SSSR count). The van der Waals surface area contributed by atoms with E-state index in [9.17, 15) is 5.11 Å². The van der Waals surface area contributed by atoms with Crippen LogP contribution in [0, 0.1) is 0 Å². The van der Waals surface area contributed by atoms with E-state index in [0.717, 1.165) is 24.5 Å². The van der Waals surface area contributed by atoms with Gasteiger partial charge < -0.3 is 20.5 Å². The molecular weight excluding hydrogens is 266 g/mol. The van der Waals surface area contributed by atoms with Gasteiger partial charge in [-0.3, -0.25) is 4.99 Å². The maximum atomic E-state index is 10.4. The topological polar surface area (TPSA) is 65.9 Å². The van der Waals surface area contributed by atoms with Crippen molar-refractivity contribution in [2.75, 3.05) is 19.7 Å². The molecule has 0 aliphatic carbocycles. The molecule has 1 aliphatic heterocycles. The summed E-state index contributed by atoms with van der Waals surface area (Å²) >= 11 is 0. The Kier molecular flexibility index (Phi) is 4.73. The van der Waals surface area contributed by atoms with Gasteiger partial charge in [0.2, 0.25) is 0 Å². The summed E-state index contributed by atoms with van der Waals surface area (Å²) in [6.45, 7) is 10.2. The van der Waals surface area contributed by atoms with Crippen molar-refractivity contribution >= 4 is 5.84 Å². The van der Waals surface area contributed by atoms with Crippen LogP contribution in [-0.4, -0.2) is 36.2 Å². The zero-order valence-corrected chi connectivity index (χ0v) is 13.2. The molecular formula is C16H25N3O2. The van der Waals surface area contributed by atoms with Crippen molar-refractivity contribution in [2.45, 2.75) is 39.3 Å². The van der Waals surface area contributed by atoms with Crippen molar-refractivity contribution in [3.8, 4) is 11.5 Å². The number of rotatable bonds is 3. The van der Waals surface area contributed by atoms with E-state index in [1.165, 1.54) is 0 Å². The summed E-state index contributed by atoms with van der Waals surface area (Å²) in [4.78, 5) is 4.58. The molecule has 5 heteroatoms. The molecule has 21 heavy (non-hydrogen) atoms. The predicted molar refractivity (Wildman–Crippen MR) is 85.2 cm³/mol. The fourth-order valence-corrected chi connectivity index (χ4v) is 2.37. The second-order valence-corrected chi connectivity index (χ2v) is 6.16. The van der Waals surface area contributed by atoms with Crippen LogP contribution in [0.4, 0.5) is 0 Å². The Morgan fingerprint density at radius 3 is 2.86 bits per heavy atom. The van der Waals surface area contributed by atoms with E-state index in [4.69, 9.17) is 4.74 Å². The molecule has 0 saturated heterocycles. The third kappa shape index (κ3) is 3.88. The van der Waals surface area contributed by atoms with Crippen LogP contribution < -0.4 is 15.4 Å². The molecule has 0 amide bonds. The minimum atomic E-state index is -0.140. The van der Waals surface area contributed by atoms with Crippen LogP contribution in [0.25, 0.3) is 0 Å². The van der Waals surface area contributed by atoms with Gasteiger partial charge in [-0.25, -0.2) is 0 Å². The Bertz CT molecular complexity index is 521. The van der Waals surface area contributed by atoms with Crippen LogP contribution in [0.1, 0.15) is 39.3 Å². The maximum Gasteiger partial charge on any atom is 0.163 e. The van der Waals surface area contributed by atoms with Gasteiger partial charge in [0.15, 0.2) is 11.5 Å². The van der Waals surface area contributed by atoms with Gasteiger partial charge in [0.25, 0.3) is 0 Å². The Hall–Kier alpha value is -1.75. The van der Waals surface area contributed by atoms with Gasteiger partial charge in [0, 0.05) is 17.6 Å². The number of para-hydroxylation sites is 1. The SMILES string of the molecule is CCOc1cccc(C2NCCN=C2NC(C)(C)C)c1O. The third-order valence-corrected chi connectivity index (χ3v) is 3.16. The summed E-state index contributed by atoms with van der Waals surface area (Å²) in [5.74, 6) is 1.55. The minimum absolute atomic E-state index is 0.0801. The zero-order valence-electron chi connectivity index (χ0n) is 13.2. The smallest absolute Gasteiger partial charge is 0.163 e. The number of benzene rings is 1. The van der Waals surface area contributed by atoms with E-state index in [-0.39, 0.29) is 17.3 Å². The number of aromatic hydroxyl groups is 1. The molecule has 0 saturated carbocycles. The minimum Gasteiger partial charge on any atom is -0.504 e. The maximum absolute atomic E-state index is 10.4. The van der Waals surface area contributed by atoms with E-state index in [1.807, 2.05) is 19.1 Å². The molecule has 3 N–H and O–H groups in total. The normalized spacial score (nSPS) is 19.0. The van der Waals surface area contributed by atoms with E-state index in [0.29, 0.717) is 12.4 Å². The highest BCUT2D eigenvalue weighted by Crippen LogP contribution is 2.34. The molecule has 1 heterocycles. The molecule has 1 unspecified atom stereocenters. The monoisotopic (exact) mass is 291 g/mol. The summed E-state index contributed by atoms with van der Waals surface area (Å²) in [7, 11) is 0. The molecule has 1 aromatic rings. The van der Waals surface area contributed by atoms with Gasteiger partial charge >= 0.3 is 0 Å². The molecule has 0 radical (unpaired) electrons. The fraction of sp³-hybridized carbons (Fsp3) is 0.562. The number of phenols is 1. The van der Waals surface area contributed by atoms with Crippen molar-refractivity contribution in [1.29, 1.82) is 0 Å². The summed E-state index contributed by atoms with van der Waals surface area (Å²) in [5.41, 5.74) is 0.708. The van der Waals surface area contributed by atoms with Gasteiger partial charge in [-0.05, 0) is 33.8 Å². The molecule has 0 fully saturated rings. The van der Waals surface area contributed by atoms with Crippen LogP contribution in [-0.2, 0) is 0 Å². The van der Waals surface area contributed by atoms with Crippen LogP contribution >= 0.6 is 0 Å². The lowest BCUT2D eigenvalue weighted by atomic mass is 10.0. The Labute approximate surface area is 126 Å². The standard InChI is InChI=1S/C16H25N3O2/c1-5-21-12-8-6-7-11(14(12)20)13-15(18-10-9-17-13)19-16(2,3)4/h6-8,13,17,20H,5,9-10H2,1-4H3,(H,18,19). The van der Waals surface area contributed by atoms with Crippen molar-refractivity contribution in [3.05, 3.63) is 23.8 Å². The number of nitrogens with one attached hydrogen (secondary N) is 2. The first-order valence-electron chi connectivity index (χ1n) is 7.43. The van der Waals surface area contributed by atoms with Crippen molar-refractivity contribution in [1.82, 2.24) is 10.6 Å². The number of nitrogens with zero attached hydrogens (tertiary/aromatic N) is 1. The lowest BCUT2D eigenvalue weighted by Crippen LogP contribution is -2.49. The number of aliphatic imine (C=N–C) groups is 1. The number of hydrogen-bond acceptors (Lipinski definition) is 5. The van der Waals surface area contributed by atoms with Crippen LogP contribution in [0.15, 0.2) is 23.2 Å². The number of hydrogen-bond donors (Lipinski definition) is 3. The summed E-state index contributed by atoms with van der Waals surface area (Å²) < 4.78 is 5.47. The molecule has 116 valence electrons. The molecule has 1 aliphatic rings. The van der Waals surface area contributed by atoms with E-state index in [2.05, 4.69) is 36.4 Å². The number of phenolic OH excluding ortho intramolecular Hbond substituents is 1. The Morgan fingerprint density at radius 2 is 2.19 bits per heavy atom. The lowest BCUT2D eigenvalue weighted by Gasteiger charge is -2.32. The highest BCUT2D eigenvalue weighted by atomic mass is 16.5. The first-order chi connectivity index (χ1) is 9.92. The lowest BCUT2D eigenvalue weighted by molar-refractivity contribution is 0.315. The first kappa shape index (κ1) is 15.6. The van der Waals surface area contributed by atoms with Crippen molar-refractivity contribution < 1.29 is 9.84 Å². The Morgan fingerprint density at radius 1 is 1.43 bits per heavy atom. The van der Waals surface area contributed by atoms with Gasteiger partial charge in [-0.2, -0.15) is 0 Å². The molecule has 1 aromatic carbocycles. The van der Waals surface area contributed by atoms with E-state index in [1.54, 1.807) is 6.07 Å². The molecule has 5 nitrogen and oxygen atoms in total. The van der Waals surface area contributed by atoms with Crippen LogP contribution in [0.5, 0.6) is 11.5 Å². The molecule has 0 aromatic heterocycles. The van der Waals surface area contributed by atoms with Gasteiger partial charge in [-0.1, -0.05) is 12.1 Å². The highest BCUT2D eigenvalue weighted by molar-refractivity contribution is 5.90. The second-order valence-electron chi connectivity index (χ2n) is 6.16. The van der Waals surface area contributed by atoms with Crippen LogP contribution in [0.2, 0.25) is 0 Å². The average Bonchev–Trinajstić information content (AvgIpc) is 2.41. The zero-order chi connectivity index (χ0) is 15.5. The van der Waals surface area contributed by atoms with Crippen molar-refractivity contribution in [2.24, 2.45) is 4.99 Å². The molecule has 0 spiro atoms. The fourth-order valence-electron chi connectivity index (χ4n) is 2.37. The molecule has 0 bridgehead atoms. The quantitative estimate of drug-likeness (QED) is 0.799. The van der Waals surface area contributed by atoms with Crippen LogP contribution in [0.3, 0.4) is 0 Å². The van der Waals surface area contributed by atoms with E-state index >= 15 is 0 Å². The number of ether oxygens (including phenoxy) is 1.